The smallest absolute Gasteiger partial charge is 0.313 e. The molecule has 0 radical (unpaired) electrons. The number of rotatable bonds is 5. The van der Waals surface area contributed by atoms with Crippen molar-refractivity contribution >= 4 is 24.3 Å². The largest absolute Gasteiger partial charge is 0.357 e. The second-order valence-electron chi connectivity index (χ2n) is 6.82. The Balaban J connectivity index is 1.89. The van der Waals surface area contributed by atoms with Crippen LogP contribution >= 0.6 is 7.60 Å². The first-order chi connectivity index (χ1) is 13.5. The molecule has 144 valence electrons. The van der Waals surface area contributed by atoms with Crippen molar-refractivity contribution in [1.29, 1.82) is 0 Å². The molecule has 0 unspecified atom stereocenters. The summed E-state index contributed by atoms with van der Waals surface area (Å²) in [5, 5.41) is 2.15. The summed E-state index contributed by atoms with van der Waals surface area (Å²) in [6.45, 7) is 1.95. The minimum atomic E-state index is -3.58. The van der Waals surface area contributed by atoms with Crippen LogP contribution in [0.1, 0.15) is 40.2 Å². The molecule has 0 N–H and O–H groups in total. The highest BCUT2D eigenvalue weighted by atomic mass is 31.2. The number of nitrogens with zero attached hydrogens (tertiary/aromatic N) is 1. The molecule has 1 amide bonds. The molecule has 3 aromatic carbocycles. The van der Waals surface area contributed by atoms with Gasteiger partial charge in [0, 0.05) is 19.8 Å². The van der Waals surface area contributed by atoms with E-state index in [0.29, 0.717) is 11.1 Å². The standard InChI is InChI=1S/C22H22NO4P/c1-15(17-14-8-10-16-9-4-5-11-18(16)17)23-21(24)19-12-6-7-13-20(19)22(23)28(25,26-2)27-3/h4-15,22H,1-3H3/t15-,22+/m0/s1. The number of fused-ring (bicyclic) bond motifs is 2. The van der Waals surface area contributed by atoms with Gasteiger partial charge < -0.3 is 13.9 Å². The topological polar surface area (TPSA) is 55.8 Å². The second-order valence-corrected chi connectivity index (χ2v) is 9.12. The summed E-state index contributed by atoms with van der Waals surface area (Å²) in [5.74, 6) is -0.962. The number of hydrogen-bond donors (Lipinski definition) is 0. The van der Waals surface area contributed by atoms with Gasteiger partial charge in [-0.25, -0.2) is 0 Å². The molecule has 0 spiro atoms. The van der Waals surface area contributed by atoms with Crippen LogP contribution in [0.3, 0.4) is 0 Å². The van der Waals surface area contributed by atoms with Gasteiger partial charge >= 0.3 is 7.60 Å². The van der Waals surface area contributed by atoms with E-state index in [1.807, 2.05) is 67.6 Å². The van der Waals surface area contributed by atoms with Gasteiger partial charge in [0.05, 0.1) is 6.04 Å². The SMILES string of the molecule is COP(=O)(OC)[C@@H]1c2ccccc2C(=O)N1[C@@H](C)c1cccc2ccccc12. The van der Waals surface area contributed by atoms with E-state index in [1.165, 1.54) is 14.2 Å². The van der Waals surface area contributed by atoms with Crippen molar-refractivity contribution < 1.29 is 18.4 Å². The maximum absolute atomic E-state index is 13.4. The summed E-state index contributed by atoms with van der Waals surface area (Å²) in [5.41, 5.74) is 2.20. The molecule has 5 nitrogen and oxygen atoms in total. The third-order valence-corrected chi connectivity index (χ3v) is 7.61. The van der Waals surface area contributed by atoms with Gasteiger partial charge in [-0.2, -0.15) is 0 Å². The van der Waals surface area contributed by atoms with Gasteiger partial charge in [-0.15, -0.1) is 0 Å². The Morgan fingerprint density at radius 3 is 2.32 bits per heavy atom. The van der Waals surface area contributed by atoms with Crippen LogP contribution in [-0.4, -0.2) is 25.0 Å². The molecule has 3 aromatic rings. The molecule has 1 aliphatic heterocycles. The van der Waals surface area contributed by atoms with Crippen LogP contribution in [0.4, 0.5) is 0 Å². The van der Waals surface area contributed by atoms with Crippen molar-refractivity contribution in [3.8, 4) is 0 Å². The molecule has 0 fully saturated rings. The Hall–Kier alpha value is -2.46. The van der Waals surface area contributed by atoms with Crippen molar-refractivity contribution in [3.63, 3.8) is 0 Å². The Bertz CT molecular complexity index is 1080. The first-order valence-corrected chi connectivity index (χ1v) is 10.7. The minimum absolute atomic E-state index is 0.171. The number of hydrogen-bond acceptors (Lipinski definition) is 4. The molecule has 0 aromatic heterocycles. The molecule has 0 aliphatic carbocycles. The molecule has 4 rings (SSSR count). The number of carbonyl (C=O) groups excluding carboxylic acids is 1. The Kier molecular flexibility index (Phi) is 4.84. The molecule has 1 heterocycles. The molecule has 28 heavy (non-hydrogen) atoms. The summed E-state index contributed by atoms with van der Waals surface area (Å²) in [6.07, 6.45) is 0. The van der Waals surface area contributed by atoms with Crippen LogP contribution in [0.25, 0.3) is 10.8 Å². The molecule has 2 atom stereocenters. The fourth-order valence-corrected chi connectivity index (χ4v) is 5.79. The van der Waals surface area contributed by atoms with E-state index in [-0.39, 0.29) is 11.9 Å². The van der Waals surface area contributed by atoms with Crippen molar-refractivity contribution in [3.05, 3.63) is 83.4 Å². The fourth-order valence-electron chi connectivity index (χ4n) is 4.07. The van der Waals surface area contributed by atoms with E-state index < -0.39 is 13.4 Å². The predicted octanol–water partition coefficient (Wildman–Crippen LogP) is 5.54. The normalized spacial score (nSPS) is 17.8. The average molecular weight is 395 g/mol. The summed E-state index contributed by atoms with van der Waals surface area (Å²) in [7, 11) is -0.869. The third kappa shape index (κ3) is 2.78. The molecule has 1 aliphatic rings. The number of carbonyl (C=O) groups is 1. The van der Waals surface area contributed by atoms with Crippen LogP contribution in [0.2, 0.25) is 0 Å². The first kappa shape index (κ1) is 18.9. The molecule has 0 bridgehead atoms. The lowest BCUT2D eigenvalue weighted by molar-refractivity contribution is 0.0674. The minimum Gasteiger partial charge on any atom is -0.313 e. The second kappa shape index (κ2) is 7.17. The van der Waals surface area contributed by atoms with Crippen molar-refractivity contribution in [1.82, 2.24) is 4.90 Å². The number of benzene rings is 3. The van der Waals surface area contributed by atoms with Crippen LogP contribution in [0.15, 0.2) is 66.7 Å². The van der Waals surface area contributed by atoms with E-state index in [9.17, 15) is 9.36 Å². The monoisotopic (exact) mass is 395 g/mol. The fraction of sp³-hybridized carbons (Fsp3) is 0.227. The van der Waals surface area contributed by atoms with Crippen LogP contribution in [0.5, 0.6) is 0 Å². The van der Waals surface area contributed by atoms with Gasteiger partial charge in [0.2, 0.25) is 0 Å². The van der Waals surface area contributed by atoms with Crippen LogP contribution < -0.4 is 0 Å². The van der Waals surface area contributed by atoms with Gasteiger partial charge in [0.25, 0.3) is 5.91 Å². The maximum Gasteiger partial charge on any atom is 0.357 e. The van der Waals surface area contributed by atoms with Crippen LogP contribution in [-0.2, 0) is 13.6 Å². The quantitative estimate of drug-likeness (QED) is 0.532. The molecular weight excluding hydrogens is 373 g/mol. The summed E-state index contributed by atoms with van der Waals surface area (Å²) in [4.78, 5) is 15.0. The highest BCUT2D eigenvalue weighted by molar-refractivity contribution is 7.54. The van der Waals surface area contributed by atoms with Crippen molar-refractivity contribution in [2.75, 3.05) is 14.2 Å². The lowest BCUT2D eigenvalue weighted by Gasteiger charge is -2.34. The van der Waals surface area contributed by atoms with Crippen LogP contribution in [0, 0.1) is 0 Å². The summed E-state index contributed by atoms with van der Waals surface area (Å²) in [6, 6.07) is 21.0. The lowest BCUT2D eigenvalue weighted by Crippen LogP contribution is -2.31. The third-order valence-electron chi connectivity index (χ3n) is 5.47. The highest BCUT2D eigenvalue weighted by Gasteiger charge is 2.50. The van der Waals surface area contributed by atoms with E-state index in [1.54, 1.807) is 11.0 Å². The van der Waals surface area contributed by atoms with E-state index in [0.717, 1.165) is 16.3 Å². The first-order valence-electron chi connectivity index (χ1n) is 9.12. The number of amides is 1. The lowest BCUT2D eigenvalue weighted by atomic mass is 9.99. The highest BCUT2D eigenvalue weighted by Crippen LogP contribution is 2.65. The molecule has 0 saturated carbocycles. The van der Waals surface area contributed by atoms with Gasteiger partial charge in [-0.3, -0.25) is 9.36 Å². The molecular formula is C22H22NO4P. The molecule has 0 saturated heterocycles. The van der Waals surface area contributed by atoms with Gasteiger partial charge in [-0.1, -0.05) is 60.7 Å². The Morgan fingerprint density at radius 1 is 0.929 bits per heavy atom. The predicted molar refractivity (Wildman–Crippen MR) is 109 cm³/mol. The zero-order chi connectivity index (χ0) is 19.9. The summed E-state index contributed by atoms with van der Waals surface area (Å²) < 4.78 is 24.1. The Morgan fingerprint density at radius 2 is 1.57 bits per heavy atom. The molecule has 6 heteroatoms. The van der Waals surface area contributed by atoms with Gasteiger partial charge in [0.15, 0.2) is 5.78 Å². The maximum atomic E-state index is 13.4. The van der Waals surface area contributed by atoms with E-state index in [2.05, 4.69) is 0 Å². The average Bonchev–Trinajstić information content (AvgIpc) is 3.05. The van der Waals surface area contributed by atoms with Gasteiger partial charge in [0.1, 0.15) is 0 Å². The van der Waals surface area contributed by atoms with E-state index in [4.69, 9.17) is 9.05 Å². The zero-order valence-corrected chi connectivity index (χ0v) is 16.9. The van der Waals surface area contributed by atoms with E-state index >= 15 is 0 Å². The van der Waals surface area contributed by atoms with Crippen molar-refractivity contribution in [2.24, 2.45) is 0 Å². The summed E-state index contributed by atoms with van der Waals surface area (Å²) >= 11 is 0. The van der Waals surface area contributed by atoms with Crippen molar-refractivity contribution in [2.45, 2.75) is 18.7 Å². The van der Waals surface area contributed by atoms with Gasteiger partial charge in [-0.05, 0) is 34.9 Å². The zero-order valence-electron chi connectivity index (χ0n) is 16.0. The Labute approximate surface area is 164 Å².